The van der Waals surface area contributed by atoms with Gasteiger partial charge in [0.05, 0.1) is 0 Å². The number of hydrogen-bond acceptors (Lipinski definition) is 6. The smallest absolute Gasteiger partial charge is 0.220 e. The first-order valence-electron chi connectivity index (χ1n) is 3.60. The van der Waals surface area contributed by atoms with Crippen LogP contribution >= 0.6 is 11.3 Å². The summed E-state index contributed by atoms with van der Waals surface area (Å²) in [6.45, 7) is 0. The van der Waals surface area contributed by atoms with Crippen molar-refractivity contribution in [3.05, 3.63) is 23.7 Å². The second-order valence-electron chi connectivity index (χ2n) is 2.31. The summed E-state index contributed by atoms with van der Waals surface area (Å²) >= 11 is 1.41. The lowest BCUT2D eigenvalue weighted by atomic mass is 10.6. The number of aromatic nitrogens is 4. The zero-order chi connectivity index (χ0) is 9.97. The molecule has 0 amide bonds. The number of rotatable bonds is 2. The number of oxime groups is 1. The molecule has 0 unspecified atom stereocenters. The molecule has 0 saturated carbocycles. The first-order valence-corrected chi connectivity index (χ1v) is 4.48. The molecule has 0 aliphatic rings. The van der Waals surface area contributed by atoms with Crippen LogP contribution in [-0.4, -0.2) is 30.8 Å². The van der Waals surface area contributed by atoms with E-state index in [0.29, 0.717) is 5.13 Å². The van der Waals surface area contributed by atoms with Crippen LogP contribution in [0, 0.1) is 0 Å². The topological polar surface area (TPSA) is 102 Å². The van der Waals surface area contributed by atoms with Gasteiger partial charge >= 0.3 is 0 Å². The van der Waals surface area contributed by atoms with E-state index in [4.69, 9.17) is 10.9 Å². The summed E-state index contributed by atoms with van der Waals surface area (Å²) in [5, 5.41) is 17.6. The molecule has 2 rings (SSSR count). The molecule has 2 aromatic rings. The van der Waals surface area contributed by atoms with Gasteiger partial charge in [-0.2, -0.15) is 4.68 Å². The van der Waals surface area contributed by atoms with Gasteiger partial charge in [0.1, 0.15) is 6.33 Å². The summed E-state index contributed by atoms with van der Waals surface area (Å²) in [5.41, 5.74) is 5.31. The highest BCUT2D eigenvalue weighted by molar-refractivity contribution is 7.12. The van der Waals surface area contributed by atoms with Crippen LogP contribution in [0.5, 0.6) is 0 Å². The van der Waals surface area contributed by atoms with E-state index in [9.17, 15) is 0 Å². The molecule has 0 atom stereocenters. The maximum absolute atomic E-state index is 8.39. The van der Waals surface area contributed by atoms with Gasteiger partial charge in [0.25, 0.3) is 0 Å². The molecule has 7 nitrogen and oxygen atoms in total. The van der Waals surface area contributed by atoms with Gasteiger partial charge in [0, 0.05) is 11.6 Å². The maximum atomic E-state index is 8.39. The molecular formula is C6H6N6OS. The highest BCUT2D eigenvalue weighted by Crippen LogP contribution is 2.08. The van der Waals surface area contributed by atoms with Crippen molar-refractivity contribution in [3.8, 4) is 5.13 Å². The number of nitrogens with two attached hydrogens (primary N) is 1. The van der Waals surface area contributed by atoms with Crippen molar-refractivity contribution in [1.82, 2.24) is 19.7 Å². The molecule has 2 aromatic heterocycles. The van der Waals surface area contributed by atoms with Gasteiger partial charge in [-0.05, 0) is 0 Å². The summed E-state index contributed by atoms with van der Waals surface area (Å²) in [6.07, 6.45) is 3.11. The molecule has 0 saturated heterocycles. The van der Waals surface area contributed by atoms with Crippen LogP contribution in [0.25, 0.3) is 5.13 Å². The minimum atomic E-state index is -0.125. The molecule has 14 heavy (non-hydrogen) atoms. The van der Waals surface area contributed by atoms with Crippen molar-refractivity contribution in [2.45, 2.75) is 0 Å². The molecule has 0 spiro atoms. The third-order valence-electron chi connectivity index (χ3n) is 1.44. The van der Waals surface area contributed by atoms with Crippen molar-refractivity contribution in [3.63, 3.8) is 0 Å². The van der Waals surface area contributed by atoms with Crippen LogP contribution in [0.2, 0.25) is 0 Å². The normalized spacial score (nSPS) is 11.9. The van der Waals surface area contributed by atoms with E-state index in [0.717, 1.165) is 0 Å². The Bertz CT molecular complexity index is 447. The molecule has 0 aromatic carbocycles. The third-order valence-corrected chi connectivity index (χ3v) is 2.21. The van der Waals surface area contributed by atoms with Crippen LogP contribution in [0.4, 0.5) is 0 Å². The van der Waals surface area contributed by atoms with Gasteiger partial charge in [0.2, 0.25) is 16.8 Å². The van der Waals surface area contributed by atoms with E-state index >= 15 is 0 Å². The number of thiazole rings is 1. The van der Waals surface area contributed by atoms with Gasteiger partial charge in [-0.15, -0.1) is 16.4 Å². The minimum Gasteiger partial charge on any atom is -0.409 e. The number of nitrogens with zero attached hydrogens (tertiary/aromatic N) is 5. The molecule has 72 valence electrons. The van der Waals surface area contributed by atoms with E-state index in [2.05, 4.69) is 20.2 Å². The Balaban J connectivity index is 2.36. The Morgan fingerprint density at radius 1 is 1.57 bits per heavy atom. The zero-order valence-corrected chi connectivity index (χ0v) is 7.72. The Labute approximate surface area is 82.5 Å². The largest absolute Gasteiger partial charge is 0.409 e. The Morgan fingerprint density at radius 3 is 3.07 bits per heavy atom. The Kier molecular flexibility index (Phi) is 2.11. The van der Waals surface area contributed by atoms with Gasteiger partial charge in [-0.1, -0.05) is 5.16 Å². The molecule has 2 heterocycles. The molecule has 0 fully saturated rings. The molecule has 8 heteroatoms. The summed E-state index contributed by atoms with van der Waals surface area (Å²) in [4.78, 5) is 7.87. The average Bonchev–Trinajstić information content (AvgIpc) is 2.86. The first-order chi connectivity index (χ1) is 6.81. The Morgan fingerprint density at radius 2 is 2.43 bits per heavy atom. The second kappa shape index (κ2) is 3.42. The highest BCUT2D eigenvalue weighted by Gasteiger charge is 2.07. The van der Waals surface area contributed by atoms with Gasteiger partial charge in [-0.3, -0.25) is 0 Å². The second-order valence-corrected chi connectivity index (χ2v) is 3.19. The standard InChI is InChI=1S/C6H6N6OS/c7-4(11-13)5-9-3-12(10-5)6-8-1-2-14-6/h1-3,13H,(H2,7,11). The molecule has 3 N–H and O–H groups in total. The predicted octanol–water partition coefficient (Wildman–Crippen LogP) is -0.182. The van der Waals surface area contributed by atoms with Crippen molar-refractivity contribution < 1.29 is 5.21 Å². The van der Waals surface area contributed by atoms with Gasteiger partial charge < -0.3 is 10.9 Å². The van der Waals surface area contributed by atoms with E-state index in [1.807, 2.05) is 5.38 Å². The van der Waals surface area contributed by atoms with Crippen LogP contribution in [0.1, 0.15) is 5.82 Å². The summed E-state index contributed by atoms with van der Waals surface area (Å²) in [5.74, 6) is 0.0445. The summed E-state index contributed by atoms with van der Waals surface area (Å²) in [7, 11) is 0. The first kappa shape index (κ1) is 8.63. The lowest BCUT2D eigenvalue weighted by Gasteiger charge is -1.90. The SMILES string of the molecule is NC(=NO)c1ncn(-c2nccs2)n1. The fourth-order valence-corrected chi connectivity index (χ4v) is 1.41. The van der Waals surface area contributed by atoms with Crippen molar-refractivity contribution in [2.75, 3.05) is 0 Å². The quantitative estimate of drug-likeness (QED) is 0.310. The molecular weight excluding hydrogens is 204 g/mol. The fourth-order valence-electron chi connectivity index (χ4n) is 0.846. The molecule has 0 aliphatic carbocycles. The highest BCUT2D eigenvalue weighted by atomic mass is 32.1. The van der Waals surface area contributed by atoms with Crippen molar-refractivity contribution in [2.24, 2.45) is 10.9 Å². The number of amidine groups is 1. The predicted molar refractivity (Wildman–Crippen MR) is 49.5 cm³/mol. The van der Waals surface area contributed by atoms with Crippen LogP contribution in [0.15, 0.2) is 23.1 Å². The summed E-state index contributed by atoms with van der Waals surface area (Å²) in [6, 6.07) is 0. The summed E-state index contributed by atoms with van der Waals surface area (Å²) < 4.78 is 1.46. The number of hydrogen-bond donors (Lipinski definition) is 2. The molecule has 0 bridgehead atoms. The van der Waals surface area contributed by atoms with Gasteiger partial charge in [0.15, 0.2) is 0 Å². The Hall–Kier alpha value is -1.96. The minimum absolute atomic E-state index is 0.125. The van der Waals surface area contributed by atoms with E-state index in [-0.39, 0.29) is 11.7 Å². The van der Waals surface area contributed by atoms with Crippen molar-refractivity contribution >= 4 is 17.2 Å². The maximum Gasteiger partial charge on any atom is 0.220 e. The van der Waals surface area contributed by atoms with Crippen molar-refractivity contribution in [1.29, 1.82) is 0 Å². The fraction of sp³-hybridized carbons (Fsp3) is 0. The van der Waals surface area contributed by atoms with E-state index in [1.54, 1.807) is 6.20 Å². The zero-order valence-electron chi connectivity index (χ0n) is 6.90. The molecule has 0 radical (unpaired) electrons. The lowest BCUT2D eigenvalue weighted by Crippen LogP contribution is -2.15. The monoisotopic (exact) mass is 210 g/mol. The van der Waals surface area contributed by atoms with Crippen LogP contribution in [-0.2, 0) is 0 Å². The van der Waals surface area contributed by atoms with E-state index < -0.39 is 0 Å². The molecule has 0 aliphatic heterocycles. The average molecular weight is 210 g/mol. The lowest BCUT2D eigenvalue weighted by molar-refractivity contribution is 0.318. The van der Waals surface area contributed by atoms with Crippen LogP contribution < -0.4 is 5.73 Å². The van der Waals surface area contributed by atoms with Crippen LogP contribution in [0.3, 0.4) is 0 Å². The van der Waals surface area contributed by atoms with Gasteiger partial charge in [-0.25, -0.2) is 9.97 Å². The third kappa shape index (κ3) is 1.42. The van der Waals surface area contributed by atoms with E-state index in [1.165, 1.54) is 22.3 Å².